The summed E-state index contributed by atoms with van der Waals surface area (Å²) in [4.78, 5) is 28.1. The van der Waals surface area contributed by atoms with Crippen LogP contribution in [0.15, 0.2) is 39.9 Å². The average Bonchev–Trinajstić information content (AvgIpc) is 2.57. The molecule has 2 rings (SSSR count). The number of benzene rings is 1. The number of aliphatic hydroxyl groups is 1. The van der Waals surface area contributed by atoms with Crippen LogP contribution in [0.3, 0.4) is 0 Å². The lowest BCUT2D eigenvalue weighted by atomic mass is 10.2. The van der Waals surface area contributed by atoms with Crippen molar-refractivity contribution in [1.29, 1.82) is 0 Å². The number of nitrogens with two attached hydrogens (primary N) is 1. The molecule has 0 bridgehead atoms. The molecular weight excluding hydrogens is 414 g/mol. The zero-order valence-electron chi connectivity index (χ0n) is 13.4. The van der Waals surface area contributed by atoms with Crippen LogP contribution in [0.4, 0.5) is 0 Å². The Kier molecular flexibility index (Phi) is 6.71. The molecule has 1 heterocycles. The minimum atomic E-state index is -1.08. The molecule has 0 radical (unpaired) electrons. The quantitative estimate of drug-likeness (QED) is 0.533. The van der Waals surface area contributed by atoms with E-state index >= 15 is 0 Å². The van der Waals surface area contributed by atoms with Crippen LogP contribution < -0.4 is 11.3 Å². The Bertz CT molecular complexity index is 866. The van der Waals surface area contributed by atoms with Gasteiger partial charge in [-0.1, -0.05) is 17.7 Å². The van der Waals surface area contributed by atoms with Gasteiger partial charge >= 0.3 is 5.97 Å². The van der Waals surface area contributed by atoms with Gasteiger partial charge in [-0.25, -0.2) is 4.98 Å². The van der Waals surface area contributed by atoms with Gasteiger partial charge in [0.2, 0.25) is 0 Å². The maximum absolute atomic E-state index is 12.4. The van der Waals surface area contributed by atoms with Crippen LogP contribution in [-0.4, -0.2) is 39.4 Å². The van der Waals surface area contributed by atoms with Gasteiger partial charge in [0.25, 0.3) is 5.56 Å². The fourth-order valence-electron chi connectivity index (χ4n) is 1.96. The predicted octanol–water partition coefficient (Wildman–Crippen LogP) is 1.62. The highest BCUT2D eigenvalue weighted by atomic mass is 79.9. The fraction of sp³-hybridized carbons (Fsp3) is 0.312. The van der Waals surface area contributed by atoms with Gasteiger partial charge in [-0.2, -0.15) is 0 Å². The summed E-state index contributed by atoms with van der Waals surface area (Å²) in [5.41, 5.74) is 5.76. The molecule has 0 aliphatic heterocycles. The van der Waals surface area contributed by atoms with Gasteiger partial charge in [-0.05, 0) is 41.1 Å². The van der Waals surface area contributed by atoms with Crippen LogP contribution in [-0.2, 0) is 16.1 Å². The second kappa shape index (κ2) is 8.57. The molecule has 0 aliphatic rings. The van der Waals surface area contributed by atoms with E-state index in [-0.39, 0.29) is 18.7 Å². The number of halogens is 2. The van der Waals surface area contributed by atoms with Crippen molar-refractivity contribution in [2.24, 2.45) is 5.73 Å². The number of hydrogen-bond donors (Lipinski definition) is 2. The Balaban J connectivity index is 2.02. The fourth-order valence-corrected chi connectivity index (χ4v) is 2.46. The van der Waals surface area contributed by atoms with Crippen LogP contribution in [0, 0.1) is 0 Å². The van der Waals surface area contributed by atoms with Crippen molar-refractivity contribution in [2.45, 2.75) is 25.6 Å². The second-order valence-corrected chi connectivity index (χ2v) is 6.61. The van der Waals surface area contributed by atoms with Crippen molar-refractivity contribution >= 4 is 44.4 Å². The molecule has 25 heavy (non-hydrogen) atoms. The second-order valence-electron chi connectivity index (χ2n) is 5.35. The summed E-state index contributed by atoms with van der Waals surface area (Å²) in [6, 6.07) is 2.17. The molecule has 1 aromatic heterocycles. The number of nitrogens with zero attached hydrogens (tertiary/aromatic N) is 2. The first-order valence-electron chi connectivity index (χ1n) is 7.40. The minimum Gasteiger partial charge on any atom is -0.460 e. The van der Waals surface area contributed by atoms with Gasteiger partial charge in [0.05, 0.1) is 28.4 Å². The molecule has 2 aromatic rings. The number of hydrogen-bond acceptors (Lipinski definition) is 6. The lowest BCUT2D eigenvalue weighted by Crippen LogP contribution is -2.41. The topological polar surface area (TPSA) is 107 Å². The summed E-state index contributed by atoms with van der Waals surface area (Å²) in [6.07, 6.45) is 3.70. The standard InChI is InChI=1S/C16H17BrClN3O4/c1-9(22)14(19)16(24)25-5-3-2-4-21-8-20-13-7-11(17)12(18)6-10(13)15(21)23/h2-3,6-9,14,22H,4-5,19H2,1H3/b3-2+/t9-,14+/m1/s1. The maximum Gasteiger partial charge on any atom is 0.325 e. The first kappa shape index (κ1) is 19.6. The van der Waals surface area contributed by atoms with Crippen molar-refractivity contribution in [3.63, 3.8) is 0 Å². The molecule has 2 atom stereocenters. The van der Waals surface area contributed by atoms with E-state index in [2.05, 4.69) is 20.9 Å². The van der Waals surface area contributed by atoms with Crippen molar-refractivity contribution in [3.8, 4) is 0 Å². The highest BCUT2D eigenvalue weighted by Gasteiger charge is 2.19. The highest BCUT2D eigenvalue weighted by Crippen LogP contribution is 2.25. The Hall–Kier alpha value is -1.74. The van der Waals surface area contributed by atoms with E-state index in [4.69, 9.17) is 22.1 Å². The molecule has 3 N–H and O–H groups in total. The number of rotatable bonds is 6. The SMILES string of the molecule is C[C@@H](O)[C@H](N)C(=O)OC/C=C/Cn1cnc2cc(Br)c(Cl)cc2c1=O. The molecule has 0 saturated heterocycles. The molecular formula is C16H17BrClN3O4. The molecule has 0 amide bonds. The third-order valence-corrected chi connectivity index (χ3v) is 4.65. The molecule has 1 aromatic carbocycles. The molecule has 0 spiro atoms. The highest BCUT2D eigenvalue weighted by molar-refractivity contribution is 9.10. The van der Waals surface area contributed by atoms with Crippen LogP contribution in [0.1, 0.15) is 6.92 Å². The largest absolute Gasteiger partial charge is 0.460 e. The van der Waals surface area contributed by atoms with E-state index in [1.165, 1.54) is 17.8 Å². The van der Waals surface area contributed by atoms with Gasteiger partial charge in [-0.15, -0.1) is 0 Å². The van der Waals surface area contributed by atoms with Crippen LogP contribution in [0.2, 0.25) is 5.02 Å². The van der Waals surface area contributed by atoms with E-state index in [9.17, 15) is 14.7 Å². The summed E-state index contributed by atoms with van der Waals surface area (Å²) in [5.74, 6) is -0.690. The van der Waals surface area contributed by atoms with E-state index < -0.39 is 18.1 Å². The Morgan fingerprint density at radius 3 is 2.92 bits per heavy atom. The average molecular weight is 431 g/mol. The van der Waals surface area contributed by atoms with E-state index in [1.807, 2.05) is 0 Å². The number of esters is 1. The van der Waals surface area contributed by atoms with E-state index in [1.54, 1.807) is 24.3 Å². The zero-order chi connectivity index (χ0) is 18.6. The summed E-state index contributed by atoms with van der Waals surface area (Å²) in [6.45, 7) is 1.66. The zero-order valence-corrected chi connectivity index (χ0v) is 15.7. The first-order valence-corrected chi connectivity index (χ1v) is 8.58. The predicted molar refractivity (Wildman–Crippen MR) is 98.5 cm³/mol. The van der Waals surface area contributed by atoms with Gasteiger partial charge in [0, 0.05) is 11.0 Å². The van der Waals surface area contributed by atoms with Gasteiger partial charge < -0.3 is 15.6 Å². The summed E-state index contributed by atoms with van der Waals surface area (Å²) < 4.78 is 6.98. The maximum atomic E-state index is 12.4. The summed E-state index contributed by atoms with van der Waals surface area (Å²) in [7, 11) is 0. The number of ether oxygens (including phenoxy) is 1. The molecule has 134 valence electrons. The number of fused-ring (bicyclic) bond motifs is 1. The molecule has 0 unspecified atom stereocenters. The molecule has 9 heteroatoms. The van der Waals surface area contributed by atoms with Crippen LogP contribution >= 0.6 is 27.5 Å². The van der Waals surface area contributed by atoms with Crippen molar-refractivity contribution in [1.82, 2.24) is 9.55 Å². The normalized spacial score (nSPS) is 14.0. The number of aromatic nitrogens is 2. The Morgan fingerprint density at radius 2 is 2.24 bits per heavy atom. The van der Waals surface area contributed by atoms with E-state index in [0.29, 0.717) is 20.4 Å². The molecule has 0 fully saturated rings. The molecule has 0 aliphatic carbocycles. The number of carbonyl (C=O) groups is 1. The molecule has 0 saturated carbocycles. The Morgan fingerprint density at radius 1 is 1.52 bits per heavy atom. The van der Waals surface area contributed by atoms with Gasteiger partial charge in [0.1, 0.15) is 12.6 Å². The monoisotopic (exact) mass is 429 g/mol. The van der Waals surface area contributed by atoms with Crippen molar-refractivity contribution in [2.75, 3.05) is 6.61 Å². The third kappa shape index (κ3) is 4.88. The third-order valence-electron chi connectivity index (χ3n) is 3.45. The van der Waals surface area contributed by atoms with Gasteiger partial charge in [0.15, 0.2) is 0 Å². The number of aliphatic hydroxyl groups excluding tert-OH is 1. The Labute approximate surface area is 157 Å². The number of allylic oxidation sites excluding steroid dienone is 1. The smallest absolute Gasteiger partial charge is 0.325 e. The van der Waals surface area contributed by atoms with Crippen LogP contribution in [0.25, 0.3) is 10.9 Å². The van der Waals surface area contributed by atoms with Crippen LogP contribution in [0.5, 0.6) is 0 Å². The van der Waals surface area contributed by atoms with E-state index in [0.717, 1.165) is 0 Å². The van der Waals surface area contributed by atoms with Crippen molar-refractivity contribution < 1.29 is 14.6 Å². The van der Waals surface area contributed by atoms with Gasteiger partial charge in [-0.3, -0.25) is 14.2 Å². The summed E-state index contributed by atoms with van der Waals surface area (Å²) >= 11 is 9.31. The lowest BCUT2D eigenvalue weighted by molar-refractivity contribution is -0.146. The number of carbonyl (C=O) groups excluding carboxylic acids is 1. The minimum absolute atomic E-state index is 0.00616. The first-order chi connectivity index (χ1) is 11.8. The van der Waals surface area contributed by atoms with Crippen molar-refractivity contribution in [3.05, 3.63) is 50.5 Å². The lowest BCUT2D eigenvalue weighted by Gasteiger charge is -2.12. The molecule has 7 nitrogen and oxygen atoms in total. The summed E-state index contributed by atoms with van der Waals surface area (Å²) in [5, 5.41) is 10.0.